The zero-order chi connectivity index (χ0) is 10.8. The normalized spacial score (nSPS) is 13.3. The van der Waals surface area contributed by atoms with Crippen molar-refractivity contribution in [3.63, 3.8) is 0 Å². The molecule has 15 heavy (non-hydrogen) atoms. The van der Waals surface area contributed by atoms with E-state index in [2.05, 4.69) is 21.4 Å². The molecule has 0 bridgehead atoms. The summed E-state index contributed by atoms with van der Waals surface area (Å²) in [5, 5.41) is 1.09. The van der Waals surface area contributed by atoms with Gasteiger partial charge in [0.15, 0.2) is 0 Å². The summed E-state index contributed by atoms with van der Waals surface area (Å²) in [5.41, 5.74) is 3.72. The lowest BCUT2D eigenvalue weighted by atomic mass is 10.2. The van der Waals surface area contributed by atoms with Crippen molar-refractivity contribution in [2.75, 3.05) is 7.11 Å². The van der Waals surface area contributed by atoms with E-state index in [-0.39, 0.29) is 6.04 Å². The first-order valence-corrected chi connectivity index (χ1v) is 5.47. The highest BCUT2D eigenvalue weighted by Gasteiger charge is 2.10. The van der Waals surface area contributed by atoms with E-state index in [9.17, 15) is 0 Å². The van der Waals surface area contributed by atoms with Crippen LogP contribution < -0.4 is 5.48 Å². The van der Waals surface area contributed by atoms with E-state index < -0.39 is 0 Å². The van der Waals surface area contributed by atoms with Gasteiger partial charge in [0.1, 0.15) is 11.3 Å². The summed E-state index contributed by atoms with van der Waals surface area (Å²) in [6, 6.07) is 7.99. The monoisotopic (exact) mass is 269 g/mol. The molecular formula is C11H12BrNO2. The maximum atomic E-state index is 5.67. The smallest absolute Gasteiger partial charge is 0.134 e. The van der Waals surface area contributed by atoms with Crippen molar-refractivity contribution in [2.24, 2.45) is 0 Å². The second-order valence-corrected chi connectivity index (χ2v) is 4.29. The Bertz CT molecular complexity index is 467. The van der Waals surface area contributed by atoms with Crippen LogP contribution in [0.3, 0.4) is 0 Å². The molecule has 1 heterocycles. The predicted molar refractivity (Wildman–Crippen MR) is 62.5 cm³/mol. The van der Waals surface area contributed by atoms with Crippen molar-refractivity contribution in [3.8, 4) is 0 Å². The number of rotatable bonds is 3. The molecule has 0 fully saturated rings. The van der Waals surface area contributed by atoms with Crippen molar-refractivity contribution in [2.45, 2.75) is 13.0 Å². The van der Waals surface area contributed by atoms with Crippen molar-refractivity contribution < 1.29 is 9.25 Å². The Hall–Kier alpha value is -0.840. The van der Waals surface area contributed by atoms with Crippen LogP contribution in [0.2, 0.25) is 0 Å². The van der Waals surface area contributed by atoms with Gasteiger partial charge >= 0.3 is 0 Å². The average molecular weight is 270 g/mol. The highest BCUT2D eigenvalue weighted by atomic mass is 79.9. The van der Waals surface area contributed by atoms with E-state index in [0.29, 0.717) is 0 Å². The third kappa shape index (κ3) is 2.22. The first kappa shape index (κ1) is 10.7. The lowest BCUT2D eigenvalue weighted by Gasteiger charge is -2.07. The van der Waals surface area contributed by atoms with Crippen LogP contribution in [-0.2, 0) is 4.84 Å². The molecule has 1 N–H and O–H groups in total. The number of hydrogen-bond donors (Lipinski definition) is 1. The van der Waals surface area contributed by atoms with E-state index in [4.69, 9.17) is 9.25 Å². The lowest BCUT2D eigenvalue weighted by Crippen LogP contribution is -2.15. The van der Waals surface area contributed by atoms with Gasteiger partial charge in [0.2, 0.25) is 0 Å². The molecule has 0 aliphatic heterocycles. The Morgan fingerprint density at radius 2 is 2.20 bits per heavy atom. The van der Waals surface area contributed by atoms with Crippen molar-refractivity contribution in [3.05, 3.63) is 34.5 Å². The first-order valence-electron chi connectivity index (χ1n) is 4.68. The number of benzene rings is 1. The number of furan rings is 1. The fraction of sp³-hybridized carbons (Fsp3) is 0.273. The van der Waals surface area contributed by atoms with Gasteiger partial charge in [-0.05, 0) is 31.2 Å². The quantitative estimate of drug-likeness (QED) is 0.868. The first-order chi connectivity index (χ1) is 7.20. The molecule has 0 saturated carbocycles. The van der Waals surface area contributed by atoms with Crippen molar-refractivity contribution >= 4 is 26.9 Å². The Labute approximate surface area is 96.5 Å². The van der Waals surface area contributed by atoms with E-state index in [1.165, 1.54) is 0 Å². The van der Waals surface area contributed by atoms with Gasteiger partial charge in [-0.15, -0.1) is 0 Å². The standard InChI is InChI=1S/C11H12BrNO2/c1-7(13-14-2)11-6-8-5-9(12)3-4-10(8)15-11/h3-7,13H,1-2H3. The zero-order valence-electron chi connectivity index (χ0n) is 8.58. The van der Waals surface area contributed by atoms with Gasteiger partial charge in [-0.2, -0.15) is 5.48 Å². The molecule has 2 aromatic rings. The SMILES string of the molecule is CONC(C)c1cc2cc(Br)ccc2o1. The van der Waals surface area contributed by atoms with E-state index >= 15 is 0 Å². The molecule has 1 unspecified atom stereocenters. The molecule has 4 heteroatoms. The van der Waals surface area contributed by atoms with Gasteiger partial charge < -0.3 is 9.25 Å². The summed E-state index contributed by atoms with van der Waals surface area (Å²) in [6.07, 6.45) is 0. The molecule has 1 atom stereocenters. The fourth-order valence-corrected chi connectivity index (χ4v) is 1.86. The molecule has 3 nitrogen and oxygen atoms in total. The number of hydroxylamine groups is 1. The van der Waals surface area contributed by atoms with Crippen LogP contribution in [0.4, 0.5) is 0 Å². The van der Waals surface area contributed by atoms with Crippen LogP contribution in [0.15, 0.2) is 33.2 Å². The van der Waals surface area contributed by atoms with Crippen LogP contribution in [0, 0.1) is 0 Å². The molecule has 0 aliphatic rings. The van der Waals surface area contributed by atoms with E-state index in [0.717, 1.165) is 21.2 Å². The van der Waals surface area contributed by atoms with Gasteiger partial charge in [0.25, 0.3) is 0 Å². The minimum absolute atomic E-state index is 0.0428. The summed E-state index contributed by atoms with van der Waals surface area (Å²) >= 11 is 3.43. The molecule has 0 radical (unpaired) electrons. The molecule has 0 amide bonds. The minimum Gasteiger partial charge on any atom is -0.459 e. The van der Waals surface area contributed by atoms with Crippen LogP contribution in [-0.4, -0.2) is 7.11 Å². The van der Waals surface area contributed by atoms with Crippen LogP contribution in [0.5, 0.6) is 0 Å². The van der Waals surface area contributed by atoms with E-state index in [1.807, 2.05) is 31.2 Å². The van der Waals surface area contributed by atoms with Gasteiger partial charge in [-0.25, -0.2) is 0 Å². The lowest BCUT2D eigenvalue weighted by molar-refractivity contribution is 0.0600. The van der Waals surface area contributed by atoms with Gasteiger partial charge in [0, 0.05) is 9.86 Å². The van der Waals surface area contributed by atoms with Crippen molar-refractivity contribution in [1.82, 2.24) is 5.48 Å². The highest BCUT2D eigenvalue weighted by Crippen LogP contribution is 2.26. The number of nitrogens with one attached hydrogen (secondary N) is 1. The summed E-state index contributed by atoms with van der Waals surface area (Å²) < 4.78 is 6.72. The average Bonchev–Trinajstić information content (AvgIpc) is 2.60. The molecular weight excluding hydrogens is 258 g/mol. The maximum Gasteiger partial charge on any atom is 0.134 e. The van der Waals surface area contributed by atoms with E-state index in [1.54, 1.807) is 7.11 Å². The molecule has 1 aromatic carbocycles. The summed E-state index contributed by atoms with van der Waals surface area (Å²) in [4.78, 5) is 4.86. The molecule has 80 valence electrons. The minimum atomic E-state index is 0.0428. The predicted octanol–water partition coefficient (Wildman–Crippen LogP) is 3.41. The fourth-order valence-electron chi connectivity index (χ4n) is 1.48. The third-order valence-electron chi connectivity index (χ3n) is 2.22. The van der Waals surface area contributed by atoms with Crippen molar-refractivity contribution in [1.29, 1.82) is 0 Å². The Morgan fingerprint density at radius 1 is 1.40 bits per heavy atom. The largest absolute Gasteiger partial charge is 0.459 e. The molecule has 0 aliphatic carbocycles. The second kappa shape index (κ2) is 4.35. The second-order valence-electron chi connectivity index (χ2n) is 3.37. The maximum absolute atomic E-state index is 5.67. The number of halogens is 1. The number of fused-ring (bicyclic) bond motifs is 1. The summed E-state index contributed by atoms with van der Waals surface area (Å²) in [7, 11) is 1.59. The van der Waals surface area contributed by atoms with Crippen LogP contribution >= 0.6 is 15.9 Å². The molecule has 0 spiro atoms. The van der Waals surface area contributed by atoms with Crippen LogP contribution in [0.25, 0.3) is 11.0 Å². The zero-order valence-corrected chi connectivity index (χ0v) is 10.2. The van der Waals surface area contributed by atoms with Crippen LogP contribution in [0.1, 0.15) is 18.7 Å². The van der Waals surface area contributed by atoms with Gasteiger partial charge in [-0.1, -0.05) is 15.9 Å². The van der Waals surface area contributed by atoms with Gasteiger partial charge in [0.05, 0.1) is 13.2 Å². The molecule has 2 rings (SSSR count). The Kier molecular flexibility index (Phi) is 3.09. The topological polar surface area (TPSA) is 34.4 Å². The highest BCUT2D eigenvalue weighted by molar-refractivity contribution is 9.10. The third-order valence-corrected chi connectivity index (χ3v) is 2.71. The summed E-state index contributed by atoms with van der Waals surface area (Å²) in [5.74, 6) is 0.866. The summed E-state index contributed by atoms with van der Waals surface area (Å²) in [6.45, 7) is 1.98. The van der Waals surface area contributed by atoms with Gasteiger partial charge in [-0.3, -0.25) is 0 Å². The Balaban J connectivity index is 2.38. The molecule has 0 saturated heterocycles. The Morgan fingerprint density at radius 3 is 2.93 bits per heavy atom. The number of hydrogen-bond acceptors (Lipinski definition) is 3. The molecule has 1 aromatic heterocycles.